The van der Waals surface area contributed by atoms with Gasteiger partial charge in [-0.2, -0.15) is 0 Å². The molecule has 0 amide bonds. The first kappa shape index (κ1) is 6.27. The zero-order valence-electron chi connectivity index (χ0n) is 6.20. The number of nitrogen functional groups attached to an aromatic ring is 1. The van der Waals surface area contributed by atoms with Gasteiger partial charge in [0.25, 0.3) is 0 Å². The van der Waals surface area contributed by atoms with Crippen LogP contribution >= 0.6 is 0 Å². The Morgan fingerprint density at radius 1 is 1.45 bits per heavy atom. The zero-order valence-corrected chi connectivity index (χ0v) is 6.20. The molecular weight excluding hydrogens is 140 g/mol. The predicted octanol–water partition coefficient (Wildman–Crippen LogP) is 0.626. The Hall–Kier alpha value is -1.45. The molecule has 0 fully saturated rings. The van der Waals surface area contributed by atoms with E-state index < -0.39 is 0 Å². The smallest absolute Gasteiger partial charge is 0.153 e. The highest BCUT2D eigenvalue weighted by Crippen LogP contribution is 2.27. The molecule has 4 heteroatoms. The number of rotatable bonds is 0. The molecule has 1 aliphatic rings. The van der Waals surface area contributed by atoms with E-state index in [2.05, 4.69) is 15.0 Å². The molecule has 2 rings (SSSR count). The minimum absolute atomic E-state index is 0.487. The van der Waals surface area contributed by atoms with Crippen molar-refractivity contribution in [2.45, 2.75) is 13.3 Å². The Bertz CT molecular complexity index is 329. The summed E-state index contributed by atoms with van der Waals surface area (Å²) in [6.45, 7) is 1.83. The van der Waals surface area contributed by atoms with E-state index in [1.807, 2.05) is 6.92 Å². The lowest BCUT2D eigenvalue weighted by atomic mass is 10.3. The topological polar surface area (TPSA) is 64.2 Å². The van der Waals surface area contributed by atoms with Crippen LogP contribution in [0.1, 0.15) is 11.5 Å². The van der Waals surface area contributed by atoms with Gasteiger partial charge in [0.15, 0.2) is 5.82 Å². The van der Waals surface area contributed by atoms with Crippen molar-refractivity contribution in [3.8, 4) is 0 Å². The third kappa shape index (κ3) is 0.869. The summed E-state index contributed by atoms with van der Waals surface area (Å²) in [7, 11) is 0. The molecule has 0 aliphatic carbocycles. The number of aryl methyl sites for hydroxylation is 1. The zero-order chi connectivity index (χ0) is 7.84. The van der Waals surface area contributed by atoms with E-state index in [-0.39, 0.29) is 0 Å². The van der Waals surface area contributed by atoms with Gasteiger partial charge < -0.3 is 5.73 Å². The highest BCUT2D eigenvalue weighted by molar-refractivity contribution is 5.79. The molecule has 0 saturated heterocycles. The highest BCUT2D eigenvalue weighted by Gasteiger charge is 2.12. The van der Waals surface area contributed by atoms with Gasteiger partial charge in [-0.15, -0.1) is 0 Å². The molecule has 4 nitrogen and oxygen atoms in total. The van der Waals surface area contributed by atoms with Crippen molar-refractivity contribution >= 4 is 17.7 Å². The predicted molar refractivity (Wildman–Crippen MR) is 43.0 cm³/mol. The molecule has 1 aliphatic heterocycles. The van der Waals surface area contributed by atoms with Crippen molar-refractivity contribution < 1.29 is 0 Å². The van der Waals surface area contributed by atoms with Gasteiger partial charge in [0.05, 0.1) is 5.69 Å². The van der Waals surface area contributed by atoms with Gasteiger partial charge in [0.1, 0.15) is 11.5 Å². The monoisotopic (exact) mass is 148 g/mol. The molecule has 0 unspecified atom stereocenters. The SMILES string of the molecule is Cc1nc(N)c2c(n1)CC=N2. The largest absolute Gasteiger partial charge is 0.382 e. The van der Waals surface area contributed by atoms with Crippen molar-refractivity contribution in [3.63, 3.8) is 0 Å². The number of aromatic nitrogens is 2. The van der Waals surface area contributed by atoms with Crippen LogP contribution in [-0.2, 0) is 6.42 Å². The van der Waals surface area contributed by atoms with Crippen molar-refractivity contribution in [2.75, 3.05) is 5.73 Å². The van der Waals surface area contributed by atoms with Crippen molar-refractivity contribution in [2.24, 2.45) is 4.99 Å². The van der Waals surface area contributed by atoms with Crippen LogP contribution in [0.25, 0.3) is 0 Å². The van der Waals surface area contributed by atoms with Gasteiger partial charge in [-0.25, -0.2) is 9.97 Å². The number of fused-ring (bicyclic) bond motifs is 1. The van der Waals surface area contributed by atoms with E-state index in [0.29, 0.717) is 11.6 Å². The number of aliphatic imine (C=N–C) groups is 1. The summed E-state index contributed by atoms with van der Waals surface area (Å²) in [5.41, 5.74) is 7.29. The van der Waals surface area contributed by atoms with Crippen molar-refractivity contribution in [3.05, 3.63) is 11.5 Å². The summed E-state index contributed by atoms with van der Waals surface area (Å²) in [5.74, 6) is 1.20. The van der Waals surface area contributed by atoms with Crippen molar-refractivity contribution in [1.82, 2.24) is 9.97 Å². The summed E-state index contributed by atoms with van der Waals surface area (Å²) in [6.07, 6.45) is 2.58. The summed E-state index contributed by atoms with van der Waals surface area (Å²) in [6, 6.07) is 0. The maximum atomic E-state index is 5.61. The fourth-order valence-corrected chi connectivity index (χ4v) is 1.15. The number of hydrogen-bond acceptors (Lipinski definition) is 4. The molecule has 2 heterocycles. The number of nitrogens with zero attached hydrogens (tertiary/aromatic N) is 3. The summed E-state index contributed by atoms with van der Waals surface area (Å²) in [5, 5.41) is 0. The third-order valence-electron chi connectivity index (χ3n) is 1.60. The van der Waals surface area contributed by atoms with Crippen molar-refractivity contribution in [1.29, 1.82) is 0 Å². The van der Waals surface area contributed by atoms with Gasteiger partial charge in [0, 0.05) is 12.6 Å². The molecule has 56 valence electrons. The Morgan fingerprint density at radius 3 is 3.09 bits per heavy atom. The quantitative estimate of drug-likeness (QED) is 0.586. The van der Waals surface area contributed by atoms with E-state index in [4.69, 9.17) is 5.73 Å². The van der Waals surface area contributed by atoms with Gasteiger partial charge in [-0.05, 0) is 6.92 Å². The van der Waals surface area contributed by atoms with Crippen LogP contribution < -0.4 is 5.73 Å². The number of hydrogen-bond donors (Lipinski definition) is 1. The van der Waals surface area contributed by atoms with Crippen LogP contribution in [0.4, 0.5) is 11.5 Å². The lowest BCUT2D eigenvalue weighted by molar-refractivity contribution is 1.01. The fraction of sp³-hybridized carbons (Fsp3) is 0.286. The molecule has 2 N–H and O–H groups in total. The molecule has 0 aromatic carbocycles. The molecule has 0 bridgehead atoms. The lowest BCUT2D eigenvalue weighted by Gasteiger charge is -2.00. The van der Waals surface area contributed by atoms with Crippen LogP contribution in [0.15, 0.2) is 4.99 Å². The van der Waals surface area contributed by atoms with Gasteiger partial charge in [-0.3, -0.25) is 4.99 Å². The Balaban J connectivity index is 2.67. The molecule has 0 radical (unpaired) electrons. The van der Waals surface area contributed by atoms with E-state index in [9.17, 15) is 0 Å². The minimum Gasteiger partial charge on any atom is -0.382 e. The molecule has 1 aromatic rings. The van der Waals surface area contributed by atoms with Gasteiger partial charge in [0.2, 0.25) is 0 Å². The third-order valence-corrected chi connectivity index (χ3v) is 1.60. The van der Waals surface area contributed by atoms with E-state index >= 15 is 0 Å². The number of nitrogens with two attached hydrogens (primary N) is 1. The Labute approximate surface area is 64.2 Å². The Kier molecular flexibility index (Phi) is 1.15. The average Bonchev–Trinajstić information content (AvgIpc) is 2.34. The minimum atomic E-state index is 0.487. The molecule has 11 heavy (non-hydrogen) atoms. The standard InChI is InChI=1S/C7H8N4/c1-4-10-5-2-3-9-6(5)7(8)11-4/h3H,2H2,1H3,(H2,8,10,11). The number of anilines is 1. The average molecular weight is 148 g/mol. The maximum absolute atomic E-state index is 5.61. The fourth-order valence-electron chi connectivity index (χ4n) is 1.15. The normalized spacial score (nSPS) is 13.5. The van der Waals surface area contributed by atoms with E-state index in [1.165, 1.54) is 0 Å². The lowest BCUT2D eigenvalue weighted by Crippen LogP contribution is -1.98. The van der Waals surface area contributed by atoms with Gasteiger partial charge in [-0.1, -0.05) is 0 Å². The second-order valence-corrected chi connectivity index (χ2v) is 2.47. The second kappa shape index (κ2) is 2.02. The molecule has 0 atom stereocenters. The van der Waals surface area contributed by atoms with Crippen LogP contribution in [0.5, 0.6) is 0 Å². The summed E-state index contributed by atoms with van der Waals surface area (Å²) in [4.78, 5) is 12.3. The first-order valence-electron chi connectivity index (χ1n) is 3.43. The molecule has 0 saturated carbocycles. The summed E-state index contributed by atoms with van der Waals surface area (Å²) < 4.78 is 0. The first-order valence-corrected chi connectivity index (χ1v) is 3.43. The van der Waals surface area contributed by atoms with Crippen LogP contribution in [0.2, 0.25) is 0 Å². The highest BCUT2D eigenvalue weighted by atomic mass is 15.0. The van der Waals surface area contributed by atoms with Crippen LogP contribution in [0, 0.1) is 6.92 Å². The molecule has 0 spiro atoms. The Morgan fingerprint density at radius 2 is 2.27 bits per heavy atom. The van der Waals surface area contributed by atoms with E-state index in [1.54, 1.807) is 6.21 Å². The summed E-state index contributed by atoms with van der Waals surface area (Å²) >= 11 is 0. The molecular formula is C7H8N4. The first-order chi connectivity index (χ1) is 5.27. The maximum Gasteiger partial charge on any atom is 0.153 e. The van der Waals surface area contributed by atoms with Crippen LogP contribution in [-0.4, -0.2) is 16.2 Å². The van der Waals surface area contributed by atoms with E-state index in [0.717, 1.165) is 17.8 Å². The van der Waals surface area contributed by atoms with Crippen LogP contribution in [0.3, 0.4) is 0 Å². The van der Waals surface area contributed by atoms with Gasteiger partial charge >= 0.3 is 0 Å². The second-order valence-electron chi connectivity index (χ2n) is 2.47. The molecule has 1 aromatic heterocycles.